The van der Waals surface area contributed by atoms with Crippen molar-refractivity contribution in [3.63, 3.8) is 0 Å². The van der Waals surface area contributed by atoms with Crippen molar-refractivity contribution in [1.29, 1.82) is 0 Å². The number of anilines is 1. The third-order valence-corrected chi connectivity index (χ3v) is 6.10. The first-order chi connectivity index (χ1) is 12.4. The summed E-state index contributed by atoms with van der Waals surface area (Å²) in [7, 11) is -3.49. The first-order valence-corrected chi connectivity index (χ1v) is 10.4. The third-order valence-electron chi connectivity index (χ3n) is 4.19. The summed E-state index contributed by atoms with van der Waals surface area (Å²) in [6.07, 6.45) is 4.73. The molecule has 0 radical (unpaired) electrons. The van der Waals surface area contributed by atoms with Crippen LogP contribution >= 0.6 is 0 Å². The maximum atomic E-state index is 12.6. The van der Waals surface area contributed by atoms with E-state index in [0.29, 0.717) is 25.2 Å². The molecule has 0 unspecified atom stereocenters. The Labute approximate surface area is 154 Å². The van der Waals surface area contributed by atoms with Gasteiger partial charge in [0.15, 0.2) is 6.61 Å². The predicted octanol–water partition coefficient (Wildman–Crippen LogP) is 2.53. The lowest BCUT2D eigenvalue weighted by Gasteiger charge is -2.25. The maximum Gasteiger partial charge on any atom is 0.306 e. The number of nitrogens with one attached hydrogen (secondary N) is 1. The minimum absolute atomic E-state index is 0.211. The largest absolute Gasteiger partial charge is 0.456 e. The van der Waals surface area contributed by atoms with E-state index in [1.807, 2.05) is 6.92 Å². The Morgan fingerprint density at radius 3 is 2.38 bits per heavy atom. The van der Waals surface area contributed by atoms with Gasteiger partial charge in [0.1, 0.15) is 0 Å². The number of carbonyl (C=O) groups excluding carboxylic acids is 2. The standard InChI is InChI=1S/C18H26N2O5S/c1-2-3-7-18(22)25-14-17(21)19-15-8-10-16(11-9-15)26(23,24)20-12-5-4-6-13-20/h8-11H,2-7,12-14H2,1H3,(H,19,21). The summed E-state index contributed by atoms with van der Waals surface area (Å²) in [6.45, 7) is 2.71. The van der Waals surface area contributed by atoms with E-state index in [4.69, 9.17) is 4.74 Å². The van der Waals surface area contributed by atoms with E-state index in [1.165, 1.54) is 28.6 Å². The molecule has 0 saturated carbocycles. The maximum absolute atomic E-state index is 12.6. The molecule has 1 aromatic carbocycles. The molecule has 1 aliphatic rings. The van der Waals surface area contributed by atoms with Crippen molar-refractivity contribution < 1.29 is 22.7 Å². The van der Waals surface area contributed by atoms with Gasteiger partial charge in [-0.05, 0) is 43.5 Å². The van der Waals surface area contributed by atoms with Gasteiger partial charge in [-0.25, -0.2) is 8.42 Å². The molecule has 1 saturated heterocycles. The van der Waals surface area contributed by atoms with Crippen LogP contribution in [0.4, 0.5) is 5.69 Å². The van der Waals surface area contributed by atoms with Gasteiger partial charge in [-0.1, -0.05) is 19.8 Å². The highest BCUT2D eigenvalue weighted by molar-refractivity contribution is 7.89. The lowest BCUT2D eigenvalue weighted by atomic mass is 10.2. The molecule has 1 N–H and O–H groups in total. The molecule has 1 fully saturated rings. The minimum Gasteiger partial charge on any atom is -0.456 e. The molecule has 1 heterocycles. The van der Waals surface area contributed by atoms with Gasteiger partial charge in [-0.2, -0.15) is 4.31 Å². The Morgan fingerprint density at radius 2 is 1.77 bits per heavy atom. The molecule has 2 rings (SSSR count). The Morgan fingerprint density at radius 1 is 1.12 bits per heavy atom. The van der Waals surface area contributed by atoms with Crippen molar-refractivity contribution in [3.8, 4) is 0 Å². The van der Waals surface area contributed by atoms with Gasteiger partial charge < -0.3 is 10.1 Å². The smallest absolute Gasteiger partial charge is 0.306 e. The van der Waals surface area contributed by atoms with Crippen molar-refractivity contribution in [1.82, 2.24) is 4.31 Å². The van der Waals surface area contributed by atoms with Crippen molar-refractivity contribution in [2.24, 2.45) is 0 Å². The molecule has 0 spiro atoms. The van der Waals surface area contributed by atoms with E-state index < -0.39 is 21.9 Å². The predicted molar refractivity (Wildman–Crippen MR) is 98.2 cm³/mol. The van der Waals surface area contributed by atoms with Crippen LogP contribution in [0.5, 0.6) is 0 Å². The van der Waals surface area contributed by atoms with Gasteiger partial charge >= 0.3 is 5.97 Å². The fraction of sp³-hybridized carbons (Fsp3) is 0.556. The SMILES string of the molecule is CCCCC(=O)OCC(=O)Nc1ccc(S(=O)(=O)N2CCCCC2)cc1. The van der Waals surface area contributed by atoms with Crippen LogP contribution in [-0.2, 0) is 24.3 Å². The number of benzene rings is 1. The van der Waals surface area contributed by atoms with Crippen LogP contribution in [0, 0.1) is 0 Å². The molecule has 0 aliphatic carbocycles. The molecule has 1 aliphatic heterocycles. The number of hydrogen-bond donors (Lipinski definition) is 1. The number of ether oxygens (including phenoxy) is 1. The van der Waals surface area contributed by atoms with Crippen LogP contribution in [0.15, 0.2) is 29.2 Å². The first kappa shape index (κ1) is 20.4. The number of nitrogens with zero attached hydrogens (tertiary/aromatic N) is 1. The number of amides is 1. The molecule has 1 aromatic rings. The second-order valence-corrected chi connectivity index (χ2v) is 8.24. The number of hydrogen-bond acceptors (Lipinski definition) is 5. The van der Waals surface area contributed by atoms with E-state index in [2.05, 4.69) is 5.32 Å². The van der Waals surface area contributed by atoms with Crippen LogP contribution in [0.3, 0.4) is 0 Å². The molecule has 144 valence electrons. The zero-order chi connectivity index (χ0) is 19.0. The summed E-state index contributed by atoms with van der Waals surface area (Å²) in [4.78, 5) is 23.4. The van der Waals surface area contributed by atoms with Crippen LogP contribution in [-0.4, -0.2) is 44.3 Å². The topological polar surface area (TPSA) is 92.8 Å². The second kappa shape index (κ2) is 9.68. The van der Waals surface area contributed by atoms with Crippen molar-refractivity contribution in [2.75, 3.05) is 25.0 Å². The van der Waals surface area contributed by atoms with E-state index in [-0.39, 0.29) is 11.5 Å². The minimum atomic E-state index is -3.49. The van der Waals surface area contributed by atoms with Crippen molar-refractivity contribution in [2.45, 2.75) is 50.3 Å². The number of piperidine rings is 1. The molecule has 0 atom stereocenters. The van der Waals surface area contributed by atoms with Gasteiger partial charge in [0.05, 0.1) is 4.90 Å². The van der Waals surface area contributed by atoms with Crippen LogP contribution in [0.1, 0.15) is 45.4 Å². The summed E-state index contributed by atoms with van der Waals surface area (Å²) in [5, 5.41) is 2.59. The highest BCUT2D eigenvalue weighted by Crippen LogP contribution is 2.21. The first-order valence-electron chi connectivity index (χ1n) is 8.99. The van der Waals surface area contributed by atoms with Gasteiger partial charge in [-0.15, -0.1) is 0 Å². The van der Waals surface area contributed by atoms with E-state index in [1.54, 1.807) is 0 Å². The fourth-order valence-corrected chi connectivity index (χ4v) is 4.22. The number of carbonyl (C=O) groups is 2. The Balaban J connectivity index is 1.88. The molecule has 1 amide bonds. The summed E-state index contributed by atoms with van der Waals surface area (Å²) in [6, 6.07) is 6.03. The highest BCUT2D eigenvalue weighted by atomic mass is 32.2. The highest BCUT2D eigenvalue weighted by Gasteiger charge is 2.25. The molecule has 0 aromatic heterocycles. The van der Waals surface area contributed by atoms with Crippen LogP contribution < -0.4 is 5.32 Å². The number of rotatable bonds is 8. The lowest BCUT2D eigenvalue weighted by molar-refractivity contribution is -0.147. The van der Waals surface area contributed by atoms with Gasteiger partial charge in [0.25, 0.3) is 5.91 Å². The molecule has 8 heteroatoms. The average molecular weight is 382 g/mol. The Hall–Kier alpha value is -1.93. The summed E-state index contributed by atoms with van der Waals surface area (Å²) in [5.41, 5.74) is 0.456. The van der Waals surface area contributed by atoms with E-state index >= 15 is 0 Å². The van der Waals surface area contributed by atoms with Gasteiger partial charge in [0.2, 0.25) is 10.0 Å². The summed E-state index contributed by atoms with van der Waals surface area (Å²) >= 11 is 0. The number of sulfonamides is 1. The molecular weight excluding hydrogens is 356 g/mol. The Kier molecular flexibility index (Phi) is 7.59. The molecule has 26 heavy (non-hydrogen) atoms. The molecule has 7 nitrogen and oxygen atoms in total. The van der Waals surface area contributed by atoms with E-state index in [9.17, 15) is 18.0 Å². The number of esters is 1. The number of unbranched alkanes of at least 4 members (excludes halogenated alkanes) is 1. The summed E-state index contributed by atoms with van der Waals surface area (Å²) < 4.78 is 31.5. The van der Waals surface area contributed by atoms with Crippen molar-refractivity contribution in [3.05, 3.63) is 24.3 Å². The Bertz CT molecular complexity index is 710. The normalized spacial score (nSPS) is 15.4. The van der Waals surface area contributed by atoms with Gasteiger partial charge in [0, 0.05) is 25.2 Å². The quantitative estimate of drug-likeness (QED) is 0.698. The zero-order valence-corrected chi connectivity index (χ0v) is 15.9. The average Bonchev–Trinajstić information content (AvgIpc) is 2.66. The zero-order valence-electron chi connectivity index (χ0n) is 15.1. The van der Waals surface area contributed by atoms with E-state index in [0.717, 1.165) is 32.1 Å². The molecule has 0 bridgehead atoms. The monoisotopic (exact) mass is 382 g/mol. The fourth-order valence-electron chi connectivity index (χ4n) is 2.70. The molecular formula is C18H26N2O5S. The third kappa shape index (κ3) is 5.81. The second-order valence-electron chi connectivity index (χ2n) is 6.30. The summed E-state index contributed by atoms with van der Waals surface area (Å²) in [5.74, 6) is -0.855. The lowest BCUT2D eigenvalue weighted by Crippen LogP contribution is -2.35. The van der Waals surface area contributed by atoms with Crippen LogP contribution in [0.2, 0.25) is 0 Å². The van der Waals surface area contributed by atoms with Gasteiger partial charge in [-0.3, -0.25) is 9.59 Å². The van der Waals surface area contributed by atoms with Crippen molar-refractivity contribution >= 4 is 27.6 Å². The van der Waals surface area contributed by atoms with Crippen LogP contribution in [0.25, 0.3) is 0 Å².